The summed E-state index contributed by atoms with van der Waals surface area (Å²) >= 11 is 13.7. The van der Waals surface area contributed by atoms with Crippen LogP contribution in [0, 0.1) is 6.92 Å². The third-order valence-corrected chi connectivity index (χ3v) is 5.31. The monoisotopic (exact) mass is 404 g/mol. The van der Waals surface area contributed by atoms with Crippen LogP contribution < -0.4 is 5.84 Å². The predicted molar refractivity (Wildman–Crippen MR) is 105 cm³/mol. The molecule has 4 aromatic rings. The largest absolute Gasteiger partial charge is 0.335 e. The number of thioether (sulfide) groups is 1. The number of nitrogens with two attached hydrogens (primary N) is 1. The van der Waals surface area contributed by atoms with Crippen LogP contribution in [0.1, 0.15) is 11.3 Å². The Bertz CT molecular complexity index is 1090. The van der Waals surface area contributed by atoms with Gasteiger partial charge in [0.1, 0.15) is 0 Å². The first-order valence-electron chi connectivity index (χ1n) is 7.74. The lowest BCUT2D eigenvalue weighted by molar-refractivity contribution is 0.849. The first-order chi connectivity index (χ1) is 12.5. The molecule has 2 N–H and O–H groups in total. The second-order valence-electron chi connectivity index (χ2n) is 5.80. The molecule has 9 heteroatoms. The SMILES string of the molecule is Cc1ccc(-c2nnc(SCc3cn4cc(Cl)cc(Cl)c4n3)n2N)cc1. The van der Waals surface area contributed by atoms with Crippen LogP contribution in [0.15, 0.2) is 47.9 Å². The number of aromatic nitrogens is 5. The summed E-state index contributed by atoms with van der Waals surface area (Å²) in [6, 6.07) is 9.66. The van der Waals surface area contributed by atoms with Crippen molar-refractivity contribution >= 4 is 40.6 Å². The van der Waals surface area contributed by atoms with E-state index in [1.54, 1.807) is 12.3 Å². The van der Waals surface area contributed by atoms with Gasteiger partial charge in [0.05, 0.1) is 15.7 Å². The molecule has 0 aliphatic heterocycles. The number of nitrogen functional groups attached to an aromatic ring is 1. The summed E-state index contributed by atoms with van der Waals surface area (Å²) in [5, 5.41) is 10.1. The van der Waals surface area contributed by atoms with Crippen LogP contribution in [0.3, 0.4) is 0 Å². The fourth-order valence-electron chi connectivity index (χ4n) is 2.56. The summed E-state index contributed by atoms with van der Waals surface area (Å²) in [7, 11) is 0. The Morgan fingerprint density at radius 2 is 1.88 bits per heavy atom. The van der Waals surface area contributed by atoms with Crippen molar-refractivity contribution in [1.29, 1.82) is 0 Å². The molecule has 0 amide bonds. The highest BCUT2D eigenvalue weighted by Gasteiger charge is 2.13. The summed E-state index contributed by atoms with van der Waals surface area (Å²) in [5.74, 6) is 7.37. The van der Waals surface area contributed by atoms with Gasteiger partial charge in [-0.1, -0.05) is 64.8 Å². The molecule has 4 rings (SSSR count). The maximum atomic E-state index is 6.18. The number of pyridine rings is 1. The van der Waals surface area contributed by atoms with Crippen LogP contribution in [0.25, 0.3) is 17.0 Å². The maximum Gasteiger partial charge on any atom is 0.210 e. The van der Waals surface area contributed by atoms with Gasteiger partial charge in [0.15, 0.2) is 11.5 Å². The maximum absolute atomic E-state index is 6.18. The highest BCUT2D eigenvalue weighted by atomic mass is 35.5. The molecule has 0 radical (unpaired) electrons. The van der Waals surface area contributed by atoms with Crippen molar-refractivity contribution in [3.05, 3.63) is 64.0 Å². The second kappa shape index (κ2) is 6.83. The van der Waals surface area contributed by atoms with Crippen molar-refractivity contribution < 1.29 is 0 Å². The lowest BCUT2D eigenvalue weighted by Crippen LogP contribution is -2.11. The summed E-state index contributed by atoms with van der Waals surface area (Å²) in [6.07, 6.45) is 3.66. The normalized spacial score (nSPS) is 11.3. The number of hydrogen-bond donors (Lipinski definition) is 1. The molecule has 1 aromatic carbocycles. The van der Waals surface area contributed by atoms with Crippen molar-refractivity contribution in [1.82, 2.24) is 24.3 Å². The Kier molecular flexibility index (Phi) is 4.52. The minimum Gasteiger partial charge on any atom is -0.335 e. The van der Waals surface area contributed by atoms with Gasteiger partial charge in [0.25, 0.3) is 0 Å². The molecule has 3 aromatic heterocycles. The van der Waals surface area contributed by atoms with E-state index in [9.17, 15) is 0 Å². The number of hydrogen-bond acceptors (Lipinski definition) is 5. The lowest BCUT2D eigenvalue weighted by atomic mass is 10.1. The van der Waals surface area contributed by atoms with Gasteiger partial charge >= 0.3 is 0 Å². The standard InChI is InChI=1S/C17H14Cl2N6S/c1-10-2-4-11(5-3-10)15-22-23-17(25(15)20)26-9-13-8-24-7-12(18)6-14(19)16(24)21-13/h2-8H,9,20H2,1H3. The Labute approximate surface area is 163 Å². The zero-order chi connectivity index (χ0) is 18.3. The first kappa shape index (κ1) is 17.2. The Balaban J connectivity index is 1.55. The van der Waals surface area contributed by atoms with Crippen molar-refractivity contribution in [3.63, 3.8) is 0 Å². The van der Waals surface area contributed by atoms with E-state index in [2.05, 4.69) is 15.2 Å². The molecule has 0 spiro atoms. The van der Waals surface area contributed by atoms with Gasteiger partial charge in [-0.15, -0.1) is 10.2 Å². The van der Waals surface area contributed by atoms with Gasteiger partial charge in [-0.3, -0.25) is 0 Å². The molecule has 6 nitrogen and oxygen atoms in total. The number of halogens is 2. The minimum atomic E-state index is 0.511. The van der Waals surface area contributed by atoms with E-state index in [1.165, 1.54) is 22.0 Å². The van der Waals surface area contributed by atoms with E-state index in [1.807, 2.05) is 41.8 Å². The van der Waals surface area contributed by atoms with Crippen LogP contribution >= 0.6 is 35.0 Å². The number of nitrogens with zero attached hydrogens (tertiary/aromatic N) is 5. The zero-order valence-corrected chi connectivity index (χ0v) is 16.1. The molecular formula is C17H14Cl2N6S. The average molecular weight is 405 g/mol. The molecule has 0 aliphatic rings. The summed E-state index contributed by atoms with van der Waals surface area (Å²) in [6.45, 7) is 2.03. The first-order valence-corrected chi connectivity index (χ1v) is 9.48. The highest BCUT2D eigenvalue weighted by Crippen LogP contribution is 2.26. The fourth-order valence-corrected chi connectivity index (χ4v) is 3.83. The van der Waals surface area contributed by atoms with E-state index in [4.69, 9.17) is 29.0 Å². The average Bonchev–Trinajstić information content (AvgIpc) is 3.17. The predicted octanol–water partition coefficient (Wildman–Crippen LogP) is 4.21. The number of fused-ring (bicyclic) bond motifs is 1. The van der Waals surface area contributed by atoms with Crippen molar-refractivity contribution in [2.45, 2.75) is 17.8 Å². The molecule has 26 heavy (non-hydrogen) atoms. The van der Waals surface area contributed by atoms with Gasteiger partial charge in [0, 0.05) is 23.7 Å². The molecule has 0 unspecified atom stereocenters. The zero-order valence-electron chi connectivity index (χ0n) is 13.7. The molecule has 132 valence electrons. The van der Waals surface area contributed by atoms with Crippen LogP contribution in [0.2, 0.25) is 10.0 Å². The minimum absolute atomic E-state index is 0.511. The van der Waals surface area contributed by atoms with Gasteiger partial charge in [0.2, 0.25) is 5.16 Å². The number of benzene rings is 1. The van der Waals surface area contributed by atoms with E-state index in [0.717, 1.165) is 11.3 Å². The summed E-state index contributed by atoms with van der Waals surface area (Å²) in [4.78, 5) is 4.53. The molecule has 0 bridgehead atoms. The van der Waals surface area contributed by atoms with Crippen LogP contribution in [0.5, 0.6) is 0 Å². The van der Waals surface area contributed by atoms with Crippen molar-refractivity contribution in [2.24, 2.45) is 0 Å². The quantitative estimate of drug-likeness (QED) is 0.407. The summed E-state index contributed by atoms with van der Waals surface area (Å²) < 4.78 is 3.31. The van der Waals surface area contributed by atoms with Gasteiger partial charge < -0.3 is 10.2 Å². The van der Waals surface area contributed by atoms with Crippen LogP contribution in [-0.2, 0) is 5.75 Å². The molecule has 0 saturated heterocycles. The lowest BCUT2D eigenvalue weighted by Gasteiger charge is -2.03. The van der Waals surface area contributed by atoms with E-state index < -0.39 is 0 Å². The second-order valence-corrected chi connectivity index (χ2v) is 7.59. The van der Waals surface area contributed by atoms with Crippen molar-refractivity contribution in [3.8, 4) is 11.4 Å². The third-order valence-electron chi connectivity index (χ3n) is 3.85. The Morgan fingerprint density at radius 3 is 2.65 bits per heavy atom. The van der Waals surface area contributed by atoms with Gasteiger partial charge in [-0.05, 0) is 13.0 Å². The molecule has 0 atom stereocenters. The third kappa shape index (κ3) is 3.25. The van der Waals surface area contributed by atoms with Crippen LogP contribution in [-0.4, -0.2) is 24.3 Å². The number of rotatable bonds is 4. The number of aryl methyl sites for hydroxylation is 1. The van der Waals surface area contributed by atoms with E-state index in [-0.39, 0.29) is 0 Å². The number of imidazole rings is 1. The summed E-state index contributed by atoms with van der Waals surface area (Å²) in [5.41, 5.74) is 3.61. The van der Waals surface area contributed by atoms with E-state index in [0.29, 0.717) is 32.4 Å². The molecule has 0 aliphatic carbocycles. The topological polar surface area (TPSA) is 74.0 Å². The van der Waals surface area contributed by atoms with Crippen LogP contribution in [0.4, 0.5) is 0 Å². The van der Waals surface area contributed by atoms with Gasteiger partial charge in [-0.2, -0.15) is 0 Å². The van der Waals surface area contributed by atoms with Crippen molar-refractivity contribution in [2.75, 3.05) is 5.84 Å². The smallest absolute Gasteiger partial charge is 0.210 e. The fraction of sp³-hybridized carbons (Fsp3) is 0.118. The molecular weight excluding hydrogens is 391 g/mol. The molecule has 0 fully saturated rings. The molecule has 0 saturated carbocycles. The molecule has 3 heterocycles. The Hall–Kier alpha value is -2.22. The van der Waals surface area contributed by atoms with Gasteiger partial charge in [-0.25, -0.2) is 9.66 Å². The Morgan fingerprint density at radius 1 is 1.12 bits per heavy atom. The van der Waals surface area contributed by atoms with E-state index >= 15 is 0 Å². The highest BCUT2D eigenvalue weighted by molar-refractivity contribution is 7.98.